The SMILES string of the molecule is O=C(CCCCN1CCCCC1)Nc1cccc(-c2n[nH]c(=O)c3c2CCCC3)c1. The number of H-pyrrole nitrogens is 1. The molecule has 2 heterocycles. The van der Waals surface area contributed by atoms with Gasteiger partial charge in [-0.15, -0.1) is 0 Å². The second-order valence-corrected chi connectivity index (χ2v) is 8.55. The first kappa shape index (κ1) is 20.8. The van der Waals surface area contributed by atoms with Gasteiger partial charge in [0.25, 0.3) is 5.56 Å². The highest BCUT2D eigenvalue weighted by Gasteiger charge is 2.19. The van der Waals surface area contributed by atoms with Crippen LogP contribution in [0.2, 0.25) is 0 Å². The fourth-order valence-corrected chi connectivity index (χ4v) is 4.67. The van der Waals surface area contributed by atoms with Crippen molar-refractivity contribution in [2.75, 3.05) is 25.0 Å². The highest BCUT2D eigenvalue weighted by molar-refractivity contribution is 5.91. The molecule has 30 heavy (non-hydrogen) atoms. The lowest BCUT2D eigenvalue weighted by Gasteiger charge is -2.26. The lowest BCUT2D eigenvalue weighted by molar-refractivity contribution is -0.116. The Kier molecular flexibility index (Phi) is 6.95. The highest BCUT2D eigenvalue weighted by atomic mass is 16.1. The van der Waals surface area contributed by atoms with Crippen molar-refractivity contribution in [1.82, 2.24) is 15.1 Å². The molecule has 1 aromatic heterocycles. The van der Waals surface area contributed by atoms with Crippen LogP contribution in [-0.2, 0) is 17.6 Å². The maximum Gasteiger partial charge on any atom is 0.267 e. The maximum atomic E-state index is 12.4. The Morgan fingerprint density at radius 3 is 2.67 bits per heavy atom. The third kappa shape index (κ3) is 5.17. The molecule has 2 N–H and O–H groups in total. The number of aromatic amines is 1. The third-order valence-electron chi connectivity index (χ3n) is 6.29. The summed E-state index contributed by atoms with van der Waals surface area (Å²) in [6.45, 7) is 3.52. The normalized spacial score (nSPS) is 16.8. The number of rotatable bonds is 7. The topological polar surface area (TPSA) is 78.1 Å². The van der Waals surface area contributed by atoms with Crippen molar-refractivity contribution in [3.05, 3.63) is 45.7 Å². The van der Waals surface area contributed by atoms with Gasteiger partial charge >= 0.3 is 0 Å². The minimum atomic E-state index is -0.0672. The first-order valence-corrected chi connectivity index (χ1v) is 11.4. The number of carbonyl (C=O) groups excluding carboxylic acids is 1. The van der Waals surface area contributed by atoms with Crippen molar-refractivity contribution in [2.45, 2.75) is 64.2 Å². The van der Waals surface area contributed by atoms with Gasteiger partial charge in [0.1, 0.15) is 0 Å². The number of aromatic nitrogens is 2. The van der Waals surface area contributed by atoms with Gasteiger partial charge in [0.05, 0.1) is 5.69 Å². The minimum Gasteiger partial charge on any atom is -0.326 e. The number of likely N-dealkylation sites (tertiary alicyclic amines) is 1. The zero-order chi connectivity index (χ0) is 20.8. The number of amides is 1. The Labute approximate surface area is 178 Å². The second kappa shape index (κ2) is 10.0. The Morgan fingerprint density at radius 2 is 1.83 bits per heavy atom. The van der Waals surface area contributed by atoms with Crippen LogP contribution in [0.5, 0.6) is 0 Å². The van der Waals surface area contributed by atoms with E-state index >= 15 is 0 Å². The van der Waals surface area contributed by atoms with Gasteiger partial charge < -0.3 is 10.2 Å². The van der Waals surface area contributed by atoms with Gasteiger partial charge in [-0.05, 0) is 88.7 Å². The van der Waals surface area contributed by atoms with E-state index in [2.05, 4.69) is 20.4 Å². The van der Waals surface area contributed by atoms with Gasteiger partial charge in [-0.25, -0.2) is 5.10 Å². The van der Waals surface area contributed by atoms with Gasteiger partial charge in [0.2, 0.25) is 5.91 Å². The summed E-state index contributed by atoms with van der Waals surface area (Å²) >= 11 is 0. The summed E-state index contributed by atoms with van der Waals surface area (Å²) in [6.07, 6.45) is 10.3. The lowest BCUT2D eigenvalue weighted by atomic mass is 9.90. The fraction of sp³-hybridized carbons (Fsp3) is 0.542. The van der Waals surface area contributed by atoms with E-state index in [1.165, 1.54) is 32.4 Å². The molecule has 1 aromatic carbocycles. The Hall–Kier alpha value is -2.47. The minimum absolute atomic E-state index is 0.0576. The summed E-state index contributed by atoms with van der Waals surface area (Å²) in [4.78, 5) is 27.0. The van der Waals surface area contributed by atoms with E-state index in [0.717, 1.165) is 73.1 Å². The number of nitrogens with zero attached hydrogens (tertiary/aromatic N) is 2. The average Bonchev–Trinajstić information content (AvgIpc) is 2.78. The molecule has 6 heteroatoms. The maximum absolute atomic E-state index is 12.4. The number of carbonyl (C=O) groups is 1. The van der Waals surface area contributed by atoms with Gasteiger partial charge in [-0.2, -0.15) is 5.10 Å². The van der Waals surface area contributed by atoms with Crippen LogP contribution in [0, 0.1) is 0 Å². The van der Waals surface area contributed by atoms with Crippen molar-refractivity contribution in [1.29, 1.82) is 0 Å². The van der Waals surface area contributed by atoms with Gasteiger partial charge in [-0.3, -0.25) is 9.59 Å². The molecule has 0 radical (unpaired) electrons. The molecule has 6 nitrogen and oxygen atoms in total. The van der Waals surface area contributed by atoms with Crippen LogP contribution in [-0.4, -0.2) is 40.6 Å². The molecule has 2 aliphatic rings. The molecular formula is C24H32N4O2. The molecule has 0 atom stereocenters. The molecule has 160 valence electrons. The largest absolute Gasteiger partial charge is 0.326 e. The summed E-state index contributed by atoms with van der Waals surface area (Å²) in [5.74, 6) is 0.0576. The predicted octanol–water partition coefficient (Wildman–Crippen LogP) is 3.91. The Bertz CT molecular complexity index is 931. The summed E-state index contributed by atoms with van der Waals surface area (Å²) in [6, 6.07) is 7.79. The van der Waals surface area contributed by atoms with Crippen molar-refractivity contribution in [3.63, 3.8) is 0 Å². The molecule has 1 saturated heterocycles. The van der Waals surface area contributed by atoms with Crippen LogP contribution in [0.3, 0.4) is 0 Å². The van der Waals surface area contributed by atoms with E-state index in [1.54, 1.807) is 0 Å². The molecule has 0 unspecified atom stereocenters. The average molecular weight is 409 g/mol. The third-order valence-corrected chi connectivity index (χ3v) is 6.29. The van der Waals surface area contributed by atoms with Crippen LogP contribution < -0.4 is 10.9 Å². The van der Waals surface area contributed by atoms with Crippen LogP contribution in [0.4, 0.5) is 5.69 Å². The summed E-state index contributed by atoms with van der Waals surface area (Å²) in [5.41, 5.74) is 4.42. The molecule has 0 saturated carbocycles. The van der Waals surface area contributed by atoms with Crippen molar-refractivity contribution >= 4 is 11.6 Å². The zero-order valence-corrected chi connectivity index (χ0v) is 17.7. The van der Waals surface area contributed by atoms with Crippen molar-refractivity contribution in [2.24, 2.45) is 0 Å². The summed E-state index contributed by atoms with van der Waals surface area (Å²) in [5, 5.41) is 10.0. The van der Waals surface area contributed by atoms with E-state index in [9.17, 15) is 9.59 Å². The number of hydrogen-bond donors (Lipinski definition) is 2. The predicted molar refractivity (Wildman–Crippen MR) is 120 cm³/mol. The number of anilines is 1. The summed E-state index contributed by atoms with van der Waals surface area (Å²) in [7, 11) is 0. The molecule has 1 aliphatic carbocycles. The monoisotopic (exact) mass is 408 g/mol. The van der Waals surface area contributed by atoms with Crippen molar-refractivity contribution < 1.29 is 4.79 Å². The van der Waals surface area contributed by atoms with Crippen LogP contribution in [0.15, 0.2) is 29.1 Å². The Balaban J connectivity index is 1.35. The number of fused-ring (bicyclic) bond motifs is 1. The molecular weight excluding hydrogens is 376 g/mol. The van der Waals surface area contributed by atoms with Gasteiger partial charge in [0, 0.05) is 23.2 Å². The van der Waals surface area contributed by atoms with E-state index in [4.69, 9.17) is 0 Å². The molecule has 0 bridgehead atoms. The molecule has 0 spiro atoms. The fourth-order valence-electron chi connectivity index (χ4n) is 4.67. The number of piperidine rings is 1. The number of hydrogen-bond acceptors (Lipinski definition) is 4. The van der Waals surface area contributed by atoms with Crippen LogP contribution in [0.1, 0.15) is 62.5 Å². The molecule has 1 aliphatic heterocycles. The van der Waals surface area contributed by atoms with Crippen LogP contribution >= 0.6 is 0 Å². The first-order chi connectivity index (χ1) is 14.7. The number of unbranched alkanes of at least 4 members (excludes halogenated alkanes) is 1. The summed E-state index contributed by atoms with van der Waals surface area (Å²) < 4.78 is 0. The number of benzene rings is 1. The quantitative estimate of drug-likeness (QED) is 0.681. The molecule has 1 fully saturated rings. The smallest absolute Gasteiger partial charge is 0.267 e. The van der Waals surface area contributed by atoms with Crippen molar-refractivity contribution in [3.8, 4) is 11.3 Å². The van der Waals surface area contributed by atoms with E-state index in [-0.39, 0.29) is 11.5 Å². The number of nitrogens with one attached hydrogen (secondary N) is 2. The standard InChI is InChI=1S/C24H32N4O2/c29-22(13-4-7-16-28-14-5-1-6-15-28)25-19-10-8-9-18(17-19)23-20-11-2-3-12-21(20)24(30)27-26-23/h8-10,17H,1-7,11-16H2,(H,25,29)(H,27,30). The van der Waals surface area contributed by atoms with E-state index in [0.29, 0.717) is 6.42 Å². The second-order valence-electron chi connectivity index (χ2n) is 8.55. The Morgan fingerprint density at radius 1 is 1.03 bits per heavy atom. The van der Waals surface area contributed by atoms with Gasteiger partial charge in [0.15, 0.2) is 0 Å². The van der Waals surface area contributed by atoms with E-state index < -0.39 is 0 Å². The molecule has 4 rings (SSSR count). The zero-order valence-electron chi connectivity index (χ0n) is 17.7. The first-order valence-electron chi connectivity index (χ1n) is 11.4. The van der Waals surface area contributed by atoms with Gasteiger partial charge in [-0.1, -0.05) is 18.6 Å². The molecule has 2 aromatic rings. The highest BCUT2D eigenvalue weighted by Crippen LogP contribution is 2.29. The van der Waals surface area contributed by atoms with E-state index in [1.807, 2.05) is 24.3 Å². The van der Waals surface area contributed by atoms with Crippen LogP contribution in [0.25, 0.3) is 11.3 Å². The lowest BCUT2D eigenvalue weighted by Crippen LogP contribution is -2.30. The molecule has 1 amide bonds.